The minimum absolute atomic E-state index is 0.130. The summed E-state index contributed by atoms with van der Waals surface area (Å²) in [6.45, 7) is 0.413. The van der Waals surface area contributed by atoms with Gasteiger partial charge in [-0.15, -0.1) is 11.3 Å². The Morgan fingerprint density at radius 2 is 2.00 bits per heavy atom. The first kappa shape index (κ1) is 17.8. The van der Waals surface area contributed by atoms with Crippen molar-refractivity contribution in [1.29, 1.82) is 0 Å². The highest BCUT2D eigenvalue weighted by Crippen LogP contribution is 2.30. The molecule has 1 N–H and O–H groups in total. The summed E-state index contributed by atoms with van der Waals surface area (Å²) in [5, 5.41) is 12.3. The first-order valence-corrected chi connectivity index (χ1v) is 9.73. The molecule has 0 aliphatic carbocycles. The van der Waals surface area contributed by atoms with Crippen molar-refractivity contribution >= 4 is 17.2 Å². The summed E-state index contributed by atoms with van der Waals surface area (Å²) in [5.74, 6) is -0.465. The van der Waals surface area contributed by atoms with E-state index >= 15 is 0 Å². The minimum Gasteiger partial charge on any atom is -0.394 e. The zero-order chi connectivity index (χ0) is 18.8. The Morgan fingerprint density at radius 3 is 2.81 bits per heavy atom. The molecule has 4 nitrogen and oxygen atoms in total. The highest BCUT2D eigenvalue weighted by Gasteiger charge is 2.31. The van der Waals surface area contributed by atoms with Crippen molar-refractivity contribution in [2.45, 2.75) is 18.9 Å². The maximum Gasteiger partial charge on any atom is 0.273 e. The van der Waals surface area contributed by atoms with Gasteiger partial charge in [0.15, 0.2) is 0 Å². The second kappa shape index (κ2) is 7.58. The number of aromatic nitrogens is 1. The predicted molar refractivity (Wildman–Crippen MR) is 102 cm³/mol. The second-order valence-corrected chi connectivity index (χ2v) is 7.48. The molecular weight excluding hydrogens is 363 g/mol. The van der Waals surface area contributed by atoms with Gasteiger partial charge in [0.1, 0.15) is 11.5 Å². The summed E-state index contributed by atoms with van der Waals surface area (Å²) in [7, 11) is 0. The van der Waals surface area contributed by atoms with Crippen LogP contribution >= 0.6 is 11.3 Å². The molecule has 2 aromatic carbocycles. The van der Waals surface area contributed by atoms with Crippen molar-refractivity contribution in [3.63, 3.8) is 0 Å². The predicted octanol–water partition coefficient (Wildman–Crippen LogP) is 3.60. The third kappa shape index (κ3) is 3.50. The van der Waals surface area contributed by atoms with Crippen molar-refractivity contribution in [2.75, 3.05) is 13.2 Å². The van der Waals surface area contributed by atoms with Gasteiger partial charge in [0.2, 0.25) is 0 Å². The zero-order valence-corrected chi connectivity index (χ0v) is 15.5. The molecule has 1 aliphatic heterocycles. The Bertz CT molecular complexity index is 972. The lowest BCUT2D eigenvalue weighted by Crippen LogP contribution is -2.41. The summed E-state index contributed by atoms with van der Waals surface area (Å²) >= 11 is 1.35. The van der Waals surface area contributed by atoms with Gasteiger partial charge >= 0.3 is 0 Å². The lowest BCUT2D eigenvalue weighted by Gasteiger charge is -2.36. The van der Waals surface area contributed by atoms with E-state index in [4.69, 9.17) is 0 Å². The molecule has 1 unspecified atom stereocenters. The maximum atomic E-state index is 13.8. The summed E-state index contributed by atoms with van der Waals surface area (Å²) in [6.07, 6.45) is 1.11. The molecule has 0 fully saturated rings. The molecule has 1 aliphatic rings. The number of aliphatic hydroxyl groups excluding tert-OH is 1. The van der Waals surface area contributed by atoms with Gasteiger partial charge in [-0.25, -0.2) is 9.37 Å². The third-order valence-electron chi connectivity index (χ3n) is 4.92. The summed E-state index contributed by atoms with van der Waals surface area (Å²) in [4.78, 5) is 19.1. The van der Waals surface area contributed by atoms with Crippen molar-refractivity contribution < 1.29 is 14.3 Å². The number of nitrogens with zero attached hydrogens (tertiary/aromatic N) is 2. The molecule has 2 heterocycles. The van der Waals surface area contributed by atoms with Crippen LogP contribution in [0.25, 0.3) is 0 Å². The fourth-order valence-corrected chi connectivity index (χ4v) is 4.32. The van der Waals surface area contributed by atoms with Crippen molar-refractivity contribution in [3.8, 4) is 0 Å². The monoisotopic (exact) mass is 382 g/mol. The van der Waals surface area contributed by atoms with Crippen LogP contribution in [-0.2, 0) is 12.8 Å². The van der Waals surface area contributed by atoms with Crippen molar-refractivity contribution in [3.05, 3.63) is 87.1 Å². The van der Waals surface area contributed by atoms with Gasteiger partial charge in [0, 0.05) is 18.3 Å². The molecule has 0 radical (unpaired) electrons. The zero-order valence-electron chi connectivity index (χ0n) is 14.6. The Hall–Kier alpha value is -2.57. The number of halogens is 1. The fourth-order valence-electron chi connectivity index (χ4n) is 3.53. The summed E-state index contributed by atoms with van der Waals surface area (Å²) < 4.78 is 13.8. The quantitative estimate of drug-likeness (QED) is 0.750. The lowest BCUT2D eigenvalue weighted by atomic mass is 9.93. The van der Waals surface area contributed by atoms with E-state index in [1.165, 1.54) is 23.0 Å². The lowest BCUT2D eigenvalue weighted by molar-refractivity contribution is 0.0563. The van der Waals surface area contributed by atoms with Crippen LogP contribution in [0.5, 0.6) is 0 Å². The Kier molecular flexibility index (Phi) is 5.01. The smallest absolute Gasteiger partial charge is 0.273 e. The number of fused-ring (bicyclic) bond motifs is 1. The molecule has 6 heteroatoms. The third-order valence-corrected chi connectivity index (χ3v) is 5.77. The van der Waals surface area contributed by atoms with Crippen LogP contribution in [0, 0.1) is 5.82 Å². The highest BCUT2D eigenvalue weighted by atomic mass is 32.1. The first-order chi connectivity index (χ1) is 13.2. The van der Waals surface area contributed by atoms with E-state index in [1.807, 2.05) is 24.3 Å². The molecule has 0 saturated carbocycles. The number of carbonyl (C=O) groups excluding carboxylic acids is 1. The molecular formula is C21H19FN2O2S. The molecule has 0 saturated heterocycles. The van der Waals surface area contributed by atoms with E-state index in [2.05, 4.69) is 4.98 Å². The van der Waals surface area contributed by atoms with Crippen LogP contribution in [0.4, 0.5) is 4.39 Å². The van der Waals surface area contributed by atoms with Crippen LogP contribution in [0.15, 0.2) is 53.9 Å². The van der Waals surface area contributed by atoms with E-state index in [-0.39, 0.29) is 24.4 Å². The normalized spacial score (nSPS) is 16.2. The number of aliphatic hydroxyl groups is 1. The van der Waals surface area contributed by atoms with Gasteiger partial charge in [0.05, 0.1) is 17.7 Å². The number of hydrogen-bond donors (Lipinski definition) is 1. The Morgan fingerprint density at radius 1 is 1.22 bits per heavy atom. The van der Waals surface area contributed by atoms with Gasteiger partial charge in [-0.1, -0.05) is 42.5 Å². The van der Waals surface area contributed by atoms with Crippen LogP contribution in [-0.4, -0.2) is 34.0 Å². The van der Waals surface area contributed by atoms with Crippen LogP contribution < -0.4 is 0 Å². The van der Waals surface area contributed by atoms with E-state index in [1.54, 1.807) is 28.5 Å². The number of rotatable bonds is 4. The van der Waals surface area contributed by atoms with E-state index in [0.717, 1.165) is 12.0 Å². The van der Waals surface area contributed by atoms with Crippen LogP contribution in [0.1, 0.15) is 38.2 Å². The molecule has 0 bridgehead atoms. The Balaban J connectivity index is 1.55. The molecule has 1 atom stereocenters. The van der Waals surface area contributed by atoms with Gasteiger partial charge < -0.3 is 10.0 Å². The van der Waals surface area contributed by atoms with E-state index in [9.17, 15) is 14.3 Å². The number of benzene rings is 2. The molecule has 27 heavy (non-hydrogen) atoms. The largest absolute Gasteiger partial charge is 0.394 e. The molecule has 0 spiro atoms. The second-order valence-electron chi connectivity index (χ2n) is 6.54. The fraction of sp³-hybridized carbons (Fsp3) is 0.238. The van der Waals surface area contributed by atoms with Gasteiger partial charge in [0.25, 0.3) is 5.91 Å². The van der Waals surface area contributed by atoms with Crippen LogP contribution in [0.2, 0.25) is 0 Å². The first-order valence-electron chi connectivity index (χ1n) is 8.85. The number of hydrogen-bond acceptors (Lipinski definition) is 4. The Labute approximate surface area is 160 Å². The maximum absolute atomic E-state index is 13.8. The average Bonchev–Trinajstić information content (AvgIpc) is 3.17. The standard InChI is InChI=1S/C21H19FN2O2S/c22-17-8-4-2-6-15(17)11-20-23-18(13-27-20)21(26)24-10-9-14-5-1-3-7-16(14)19(24)12-25/h1-8,13,19,25H,9-12H2. The van der Waals surface area contributed by atoms with Crippen LogP contribution in [0.3, 0.4) is 0 Å². The van der Waals surface area contributed by atoms with E-state index in [0.29, 0.717) is 29.2 Å². The molecule has 138 valence electrons. The number of carbonyl (C=O) groups is 1. The molecule has 3 aromatic rings. The summed E-state index contributed by atoms with van der Waals surface area (Å²) in [6, 6.07) is 14.1. The van der Waals surface area contributed by atoms with Gasteiger partial charge in [-0.05, 0) is 29.2 Å². The minimum atomic E-state index is -0.362. The van der Waals surface area contributed by atoms with Crippen molar-refractivity contribution in [1.82, 2.24) is 9.88 Å². The van der Waals surface area contributed by atoms with E-state index < -0.39 is 0 Å². The molecule has 1 aromatic heterocycles. The topological polar surface area (TPSA) is 53.4 Å². The SMILES string of the molecule is O=C(c1csc(Cc2ccccc2F)n1)N1CCc2ccccc2C1CO. The average molecular weight is 382 g/mol. The van der Waals surface area contributed by atoms with Gasteiger partial charge in [-0.2, -0.15) is 0 Å². The molecule has 4 rings (SSSR count). The molecule has 1 amide bonds. The highest BCUT2D eigenvalue weighted by molar-refractivity contribution is 7.09. The number of amides is 1. The van der Waals surface area contributed by atoms with Crippen molar-refractivity contribution in [2.24, 2.45) is 0 Å². The van der Waals surface area contributed by atoms with Gasteiger partial charge in [-0.3, -0.25) is 4.79 Å². The number of thiazole rings is 1. The summed E-state index contributed by atoms with van der Waals surface area (Å²) in [5.41, 5.74) is 3.07.